The molecule has 0 radical (unpaired) electrons. The molecule has 0 unspecified atom stereocenters. The van der Waals surface area contributed by atoms with Gasteiger partial charge in [-0.05, 0) is 74.7 Å². The first-order chi connectivity index (χ1) is 18.9. The molecular weight excluding hydrogens is 490 g/mol. The van der Waals surface area contributed by atoms with Crippen LogP contribution in [0.25, 0.3) is 11.1 Å². The van der Waals surface area contributed by atoms with Crippen LogP contribution < -0.4 is 15.8 Å². The summed E-state index contributed by atoms with van der Waals surface area (Å²) in [5.74, 6) is 2.44. The van der Waals surface area contributed by atoms with Crippen LogP contribution in [0.2, 0.25) is 0 Å². The van der Waals surface area contributed by atoms with Crippen molar-refractivity contribution < 1.29 is 9.53 Å². The average Bonchev–Trinajstić information content (AvgIpc) is 3.36. The Morgan fingerprint density at radius 2 is 1.90 bits per heavy atom. The number of nitrogens with one attached hydrogen (secondary N) is 1. The number of amides is 1. The van der Waals surface area contributed by atoms with E-state index in [4.69, 9.17) is 10.5 Å². The highest BCUT2D eigenvalue weighted by Gasteiger charge is 2.49. The van der Waals surface area contributed by atoms with Gasteiger partial charge in [0.1, 0.15) is 41.1 Å². The first-order valence-corrected chi connectivity index (χ1v) is 13.1. The van der Waals surface area contributed by atoms with Gasteiger partial charge in [0, 0.05) is 25.7 Å². The van der Waals surface area contributed by atoms with Gasteiger partial charge in [0.05, 0.1) is 5.56 Å². The largest absolute Gasteiger partial charge is 0.457 e. The molecule has 39 heavy (non-hydrogen) atoms. The van der Waals surface area contributed by atoms with E-state index in [9.17, 15) is 10.1 Å². The third-order valence-electron chi connectivity index (χ3n) is 7.44. The molecule has 1 aliphatic heterocycles. The van der Waals surface area contributed by atoms with Crippen LogP contribution in [0.5, 0.6) is 11.5 Å². The Kier molecular flexibility index (Phi) is 7.48. The lowest BCUT2D eigenvalue weighted by molar-refractivity contribution is -0.126. The van der Waals surface area contributed by atoms with Crippen LogP contribution in [-0.4, -0.2) is 65.4 Å². The zero-order valence-corrected chi connectivity index (χ0v) is 22.3. The normalized spacial score (nSPS) is 20.5. The minimum atomic E-state index is -0.168. The van der Waals surface area contributed by atoms with Gasteiger partial charge in [0.15, 0.2) is 0 Å². The van der Waals surface area contributed by atoms with E-state index in [1.807, 2.05) is 78.5 Å². The summed E-state index contributed by atoms with van der Waals surface area (Å²) < 4.78 is 5.92. The number of nitriles is 1. The number of benzene rings is 2. The van der Waals surface area contributed by atoms with E-state index < -0.39 is 0 Å². The van der Waals surface area contributed by atoms with Crippen molar-refractivity contribution in [1.82, 2.24) is 19.8 Å². The number of carbonyl (C=O) groups excluding carboxylic acids is 1. The van der Waals surface area contributed by atoms with Gasteiger partial charge in [-0.2, -0.15) is 5.26 Å². The van der Waals surface area contributed by atoms with Gasteiger partial charge in [-0.1, -0.05) is 30.3 Å². The highest BCUT2D eigenvalue weighted by Crippen LogP contribution is 2.50. The number of hydrogen-bond donors (Lipinski definition) is 2. The van der Waals surface area contributed by atoms with Crippen molar-refractivity contribution in [3.8, 4) is 28.7 Å². The van der Waals surface area contributed by atoms with Crippen LogP contribution in [-0.2, 0) is 4.79 Å². The molecule has 9 heteroatoms. The predicted molar refractivity (Wildman–Crippen MR) is 151 cm³/mol. The molecule has 2 aromatic carbocycles. The van der Waals surface area contributed by atoms with Gasteiger partial charge in [0.2, 0.25) is 0 Å². The molecule has 1 aliphatic carbocycles. The lowest BCUT2D eigenvalue weighted by Gasteiger charge is -2.45. The smallest absolute Gasteiger partial charge is 0.264 e. The minimum absolute atomic E-state index is 0.0740. The standard InChI is InChI=1S/C30H33N7O2/c1-36(2)14-12-22(18-31)29(38)37-15-13-30(19-37)16-23(17-30)35-28-26(27(32)33-20-34-28)21-8-10-25(11-9-21)39-24-6-4-3-5-7-24/h3-12,20,23H,13-17,19H2,1-2H3,(H3,32,33,34,35)/b22-12+. The molecule has 0 atom stereocenters. The maximum atomic E-state index is 12.9. The summed E-state index contributed by atoms with van der Waals surface area (Å²) in [6.45, 7) is 1.91. The molecule has 9 nitrogen and oxygen atoms in total. The second-order valence-electron chi connectivity index (χ2n) is 10.6. The number of likely N-dealkylation sites (N-methyl/N-ethyl adjacent to an activating group) is 1. The Morgan fingerprint density at radius 3 is 2.59 bits per heavy atom. The van der Waals surface area contributed by atoms with Gasteiger partial charge in [-0.15, -0.1) is 0 Å². The number of rotatable bonds is 8. The molecule has 1 amide bonds. The average molecular weight is 524 g/mol. The van der Waals surface area contributed by atoms with Gasteiger partial charge < -0.3 is 25.6 Å². The third-order valence-corrected chi connectivity index (χ3v) is 7.44. The van der Waals surface area contributed by atoms with E-state index in [0.29, 0.717) is 31.3 Å². The highest BCUT2D eigenvalue weighted by molar-refractivity contribution is 5.97. The first-order valence-electron chi connectivity index (χ1n) is 13.1. The maximum Gasteiger partial charge on any atom is 0.264 e. The van der Waals surface area contributed by atoms with Crippen molar-refractivity contribution in [3.05, 3.63) is 72.6 Å². The number of aromatic nitrogens is 2. The third kappa shape index (κ3) is 5.86. The summed E-state index contributed by atoms with van der Waals surface area (Å²) in [5, 5.41) is 13.0. The van der Waals surface area contributed by atoms with Gasteiger partial charge in [-0.3, -0.25) is 4.79 Å². The molecule has 3 aromatic rings. The van der Waals surface area contributed by atoms with E-state index in [1.165, 1.54) is 6.33 Å². The molecular formula is C30H33N7O2. The summed E-state index contributed by atoms with van der Waals surface area (Å²) in [7, 11) is 3.82. The van der Waals surface area contributed by atoms with Gasteiger partial charge >= 0.3 is 0 Å². The number of ether oxygens (including phenoxy) is 1. The number of nitrogen functional groups attached to an aromatic ring is 1. The topological polar surface area (TPSA) is 120 Å². The zero-order valence-electron chi connectivity index (χ0n) is 22.3. The molecule has 0 bridgehead atoms. The quantitative estimate of drug-likeness (QED) is 0.331. The molecule has 5 rings (SSSR count). The summed E-state index contributed by atoms with van der Waals surface area (Å²) in [6, 6.07) is 19.7. The second kappa shape index (κ2) is 11.1. The van der Waals surface area contributed by atoms with Gasteiger partial charge in [0.25, 0.3) is 5.91 Å². The fourth-order valence-corrected chi connectivity index (χ4v) is 5.46. The number of para-hydroxylation sites is 1. The van der Waals surface area contributed by atoms with Crippen molar-refractivity contribution in [2.75, 3.05) is 44.8 Å². The Labute approximate surface area is 228 Å². The summed E-state index contributed by atoms with van der Waals surface area (Å²) in [6.07, 6.45) is 5.97. The lowest BCUT2D eigenvalue weighted by atomic mass is 9.65. The Morgan fingerprint density at radius 1 is 1.18 bits per heavy atom. The fourth-order valence-electron chi connectivity index (χ4n) is 5.46. The highest BCUT2D eigenvalue weighted by atomic mass is 16.5. The van der Waals surface area contributed by atoms with E-state index in [0.717, 1.165) is 41.9 Å². The number of likely N-dealkylation sites (tertiary alicyclic amines) is 1. The summed E-state index contributed by atoms with van der Waals surface area (Å²) in [4.78, 5) is 25.4. The van der Waals surface area contributed by atoms with Crippen molar-refractivity contribution in [2.45, 2.75) is 25.3 Å². The van der Waals surface area contributed by atoms with Crippen molar-refractivity contribution >= 4 is 17.5 Å². The fraction of sp³-hybridized carbons (Fsp3) is 0.333. The molecule has 2 aliphatic rings. The van der Waals surface area contributed by atoms with Crippen LogP contribution in [0.1, 0.15) is 19.3 Å². The van der Waals surface area contributed by atoms with Crippen molar-refractivity contribution in [3.63, 3.8) is 0 Å². The van der Waals surface area contributed by atoms with Crippen LogP contribution in [0.3, 0.4) is 0 Å². The predicted octanol–water partition coefficient (Wildman–Crippen LogP) is 4.32. The first kappa shape index (κ1) is 26.2. The number of nitrogens with two attached hydrogens (primary N) is 1. The van der Waals surface area contributed by atoms with Crippen LogP contribution >= 0.6 is 0 Å². The van der Waals surface area contributed by atoms with E-state index >= 15 is 0 Å². The molecule has 1 spiro atoms. The Bertz CT molecular complexity index is 1390. The Balaban J connectivity index is 1.23. The number of carbonyl (C=O) groups is 1. The number of hydrogen-bond acceptors (Lipinski definition) is 8. The monoisotopic (exact) mass is 523 g/mol. The number of nitrogens with zero attached hydrogens (tertiary/aromatic N) is 5. The molecule has 200 valence electrons. The van der Waals surface area contributed by atoms with Crippen LogP contribution in [0.4, 0.5) is 11.6 Å². The maximum absolute atomic E-state index is 12.9. The minimum Gasteiger partial charge on any atom is -0.457 e. The van der Waals surface area contributed by atoms with Gasteiger partial charge in [-0.25, -0.2) is 9.97 Å². The second-order valence-corrected chi connectivity index (χ2v) is 10.6. The molecule has 1 saturated heterocycles. The summed E-state index contributed by atoms with van der Waals surface area (Å²) in [5.41, 5.74) is 8.25. The molecule has 1 aromatic heterocycles. The SMILES string of the molecule is CN(C)C/C=C(\C#N)C(=O)N1CCC2(CC(Nc3ncnc(N)c3-c3ccc(Oc4ccccc4)cc3)C2)C1. The molecule has 1 saturated carbocycles. The lowest BCUT2D eigenvalue weighted by Crippen LogP contribution is -2.47. The Hall–Kier alpha value is -4.42. The van der Waals surface area contributed by atoms with Crippen LogP contribution in [0, 0.1) is 16.7 Å². The van der Waals surface area contributed by atoms with Crippen molar-refractivity contribution in [2.24, 2.45) is 5.41 Å². The zero-order chi connectivity index (χ0) is 27.4. The van der Waals surface area contributed by atoms with Crippen molar-refractivity contribution in [1.29, 1.82) is 5.26 Å². The van der Waals surface area contributed by atoms with E-state index in [2.05, 4.69) is 21.4 Å². The summed E-state index contributed by atoms with van der Waals surface area (Å²) >= 11 is 0. The van der Waals surface area contributed by atoms with E-state index in [-0.39, 0.29) is 22.9 Å². The number of anilines is 2. The van der Waals surface area contributed by atoms with Crippen LogP contribution in [0.15, 0.2) is 72.6 Å². The van der Waals surface area contributed by atoms with E-state index in [1.54, 1.807) is 6.08 Å². The molecule has 2 fully saturated rings. The molecule has 3 N–H and O–H groups in total. The molecule has 2 heterocycles.